The van der Waals surface area contributed by atoms with Crippen LogP contribution in [-0.4, -0.2) is 45.5 Å². The van der Waals surface area contributed by atoms with Gasteiger partial charge in [-0.25, -0.2) is 4.79 Å². The van der Waals surface area contributed by atoms with E-state index in [1.165, 1.54) is 14.2 Å². The second kappa shape index (κ2) is 8.23. The maximum atomic E-state index is 12.1. The van der Waals surface area contributed by atoms with Gasteiger partial charge in [0, 0.05) is 18.9 Å². The van der Waals surface area contributed by atoms with Crippen LogP contribution in [0.1, 0.15) is 13.3 Å². The smallest absolute Gasteiger partial charge is 0.319 e. The van der Waals surface area contributed by atoms with Crippen molar-refractivity contribution >= 4 is 17.7 Å². The van der Waals surface area contributed by atoms with Gasteiger partial charge in [-0.3, -0.25) is 4.79 Å². The molecule has 1 aromatic carbocycles. The largest absolute Gasteiger partial charge is 0.497 e. The van der Waals surface area contributed by atoms with Crippen LogP contribution in [0.25, 0.3) is 0 Å². The van der Waals surface area contributed by atoms with Crippen molar-refractivity contribution in [1.29, 1.82) is 0 Å². The molecule has 0 aliphatic rings. The number of carbonyl (C=O) groups is 2. The van der Waals surface area contributed by atoms with Crippen molar-refractivity contribution in [1.82, 2.24) is 5.32 Å². The Labute approximate surface area is 129 Å². The lowest BCUT2D eigenvalue weighted by Crippen LogP contribution is -2.52. The fourth-order valence-corrected chi connectivity index (χ4v) is 1.98. The Hall–Kier alpha value is -2.28. The molecular formula is C15H22N2O5. The van der Waals surface area contributed by atoms with Crippen LogP contribution in [-0.2, 0) is 14.3 Å². The second-order valence-corrected chi connectivity index (χ2v) is 5.06. The van der Waals surface area contributed by atoms with Gasteiger partial charge in [-0.1, -0.05) is 6.07 Å². The number of hydrogen-bond acceptors (Lipinski definition) is 5. The van der Waals surface area contributed by atoms with Crippen molar-refractivity contribution in [3.63, 3.8) is 0 Å². The molecule has 0 aromatic heterocycles. The van der Waals surface area contributed by atoms with Crippen LogP contribution in [0.15, 0.2) is 24.3 Å². The molecule has 0 saturated heterocycles. The number of ether oxygens (including phenoxy) is 3. The summed E-state index contributed by atoms with van der Waals surface area (Å²) in [5, 5.41) is 5.41. The van der Waals surface area contributed by atoms with Crippen molar-refractivity contribution in [2.75, 3.05) is 33.3 Å². The van der Waals surface area contributed by atoms with Crippen LogP contribution >= 0.6 is 0 Å². The second-order valence-electron chi connectivity index (χ2n) is 5.06. The maximum absolute atomic E-state index is 12.1. The minimum absolute atomic E-state index is 0.00285. The van der Waals surface area contributed by atoms with Crippen molar-refractivity contribution < 1.29 is 23.8 Å². The quantitative estimate of drug-likeness (QED) is 0.750. The Bertz CT molecular complexity index is 520. The topological polar surface area (TPSA) is 85.9 Å². The lowest BCUT2D eigenvalue weighted by molar-refractivity contribution is -0.142. The summed E-state index contributed by atoms with van der Waals surface area (Å²) in [5.41, 5.74) is -0.292. The van der Waals surface area contributed by atoms with E-state index >= 15 is 0 Å². The summed E-state index contributed by atoms with van der Waals surface area (Å²) in [4.78, 5) is 23.6. The van der Waals surface area contributed by atoms with Gasteiger partial charge in [0.1, 0.15) is 5.75 Å². The first-order valence-corrected chi connectivity index (χ1v) is 6.71. The summed E-state index contributed by atoms with van der Waals surface area (Å²) in [5.74, 6) is 0.202. The number of nitrogens with one attached hydrogen (secondary N) is 2. The Morgan fingerprint density at radius 2 is 1.95 bits per heavy atom. The molecule has 1 rings (SSSR count). The van der Waals surface area contributed by atoms with E-state index in [2.05, 4.69) is 15.4 Å². The van der Waals surface area contributed by atoms with E-state index < -0.39 is 17.5 Å². The zero-order valence-electron chi connectivity index (χ0n) is 13.3. The number of hydrogen-bond donors (Lipinski definition) is 2. The van der Waals surface area contributed by atoms with E-state index in [1.807, 2.05) is 0 Å². The maximum Gasteiger partial charge on any atom is 0.319 e. The van der Waals surface area contributed by atoms with E-state index in [1.54, 1.807) is 38.3 Å². The number of urea groups is 1. The third-order valence-corrected chi connectivity index (χ3v) is 2.97. The number of methoxy groups -OCH3 is 3. The lowest BCUT2D eigenvalue weighted by atomic mass is 9.99. The molecule has 0 radical (unpaired) electrons. The summed E-state index contributed by atoms with van der Waals surface area (Å²) in [6.45, 7) is 1.88. The molecule has 2 N–H and O–H groups in total. The van der Waals surface area contributed by atoms with Crippen LogP contribution < -0.4 is 15.4 Å². The molecule has 0 aliphatic heterocycles. The number of amides is 2. The van der Waals surface area contributed by atoms with Gasteiger partial charge < -0.3 is 24.8 Å². The monoisotopic (exact) mass is 310 g/mol. The van der Waals surface area contributed by atoms with Crippen LogP contribution in [0.5, 0.6) is 5.75 Å². The average molecular weight is 310 g/mol. The predicted molar refractivity (Wildman–Crippen MR) is 82.1 cm³/mol. The summed E-state index contributed by atoms with van der Waals surface area (Å²) in [7, 11) is 4.34. The molecule has 0 saturated carbocycles. The highest BCUT2D eigenvalue weighted by Crippen LogP contribution is 2.17. The summed E-state index contributed by atoms with van der Waals surface area (Å²) >= 11 is 0. The SMILES string of the molecule is COCC(C)(CC(=O)OC)NC(=O)Nc1cccc(OC)c1. The fourth-order valence-electron chi connectivity index (χ4n) is 1.98. The van der Waals surface area contributed by atoms with Gasteiger partial charge in [0.25, 0.3) is 0 Å². The summed E-state index contributed by atoms with van der Waals surface area (Å²) in [6.07, 6.45) is 0.00285. The molecule has 0 heterocycles. The van der Waals surface area contributed by atoms with Crippen LogP contribution in [0, 0.1) is 0 Å². The summed E-state index contributed by atoms with van der Waals surface area (Å²) in [6, 6.07) is 6.51. The van der Waals surface area contributed by atoms with Gasteiger partial charge in [-0.2, -0.15) is 0 Å². The minimum Gasteiger partial charge on any atom is -0.497 e. The molecule has 1 unspecified atom stereocenters. The molecular weight excluding hydrogens is 288 g/mol. The molecule has 0 aliphatic carbocycles. The Morgan fingerprint density at radius 1 is 1.23 bits per heavy atom. The number of benzene rings is 1. The molecule has 2 amide bonds. The van der Waals surface area contributed by atoms with Gasteiger partial charge >= 0.3 is 12.0 Å². The van der Waals surface area contributed by atoms with E-state index in [4.69, 9.17) is 9.47 Å². The highest BCUT2D eigenvalue weighted by molar-refractivity contribution is 5.90. The van der Waals surface area contributed by atoms with Gasteiger partial charge in [0.05, 0.1) is 32.8 Å². The highest BCUT2D eigenvalue weighted by Gasteiger charge is 2.30. The molecule has 7 heteroatoms. The highest BCUT2D eigenvalue weighted by atomic mass is 16.5. The van der Waals surface area contributed by atoms with Crippen molar-refractivity contribution in [3.8, 4) is 5.75 Å². The normalized spacial score (nSPS) is 12.9. The zero-order valence-corrected chi connectivity index (χ0v) is 13.3. The van der Waals surface area contributed by atoms with Gasteiger partial charge in [-0.15, -0.1) is 0 Å². The molecule has 0 bridgehead atoms. The minimum atomic E-state index is -0.870. The Morgan fingerprint density at radius 3 is 2.55 bits per heavy atom. The number of rotatable bonds is 7. The Kier molecular flexibility index (Phi) is 6.65. The van der Waals surface area contributed by atoms with Crippen LogP contribution in [0.2, 0.25) is 0 Å². The standard InChI is InChI=1S/C15H22N2O5/c1-15(10-20-2,9-13(18)22-4)17-14(19)16-11-6-5-7-12(8-11)21-3/h5-8H,9-10H2,1-4H3,(H2,16,17,19). The van der Waals surface area contributed by atoms with Crippen LogP contribution in [0.4, 0.5) is 10.5 Å². The van der Waals surface area contributed by atoms with Crippen molar-refractivity contribution in [3.05, 3.63) is 24.3 Å². The van der Waals surface area contributed by atoms with Crippen molar-refractivity contribution in [2.24, 2.45) is 0 Å². The van der Waals surface area contributed by atoms with E-state index in [0.29, 0.717) is 11.4 Å². The Balaban J connectivity index is 2.71. The predicted octanol–water partition coefficient (Wildman–Crippen LogP) is 1.78. The zero-order chi connectivity index (χ0) is 16.6. The third kappa shape index (κ3) is 5.61. The number of carbonyl (C=O) groups excluding carboxylic acids is 2. The van der Waals surface area contributed by atoms with Gasteiger partial charge in [0.15, 0.2) is 0 Å². The van der Waals surface area contributed by atoms with E-state index in [0.717, 1.165) is 0 Å². The first kappa shape index (κ1) is 17.8. The fraction of sp³-hybridized carbons (Fsp3) is 0.467. The summed E-state index contributed by atoms with van der Waals surface area (Å²) < 4.78 is 14.8. The number of anilines is 1. The van der Waals surface area contributed by atoms with E-state index in [-0.39, 0.29) is 13.0 Å². The molecule has 122 valence electrons. The molecule has 1 aromatic rings. The van der Waals surface area contributed by atoms with Gasteiger partial charge in [0.2, 0.25) is 0 Å². The van der Waals surface area contributed by atoms with Crippen molar-refractivity contribution in [2.45, 2.75) is 18.9 Å². The molecule has 1 atom stereocenters. The third-order valence-electron chi connectivity index (χ3n) is 2.97. The molecule has 7 nitrogen and oxygen atoms in total. The lowest BCUT2D eigenvalue weighted by Gasteiger charge is -2.29. The molecule has 0 spiro atoms. The average Bonchev–Trinajstić information content (AvgIpc) is 2.46. The first-order chi connectivity index (χ1) is 10.4. The van der Waals surface area contributed by atoms with Crippen LogP contribution in [0.3, 0.4) is 0 Å². The molecule has 0 fully saturated rings. The molecule has 22 heavy (non-hydrogen) atoms. The number of esters is 1. The van der Waals surface area contributed by atoms with E-state index in [9.17, 15) is 9.59 Å². The van der Waals surface area contributed by atoms with Gasteiger partial charge in [-0.05, 0) is 19.1 Å². The first-order valence-electron chi connectivity index (χ1n) is 6.71.